The number of hydrogen-bond donors (Lipinski definition) is 2. The maximum absolute atomic E-state index is 12.9. The first-order valence-corrected chi connectivity index (χ1v) is 10.3. The van der Waals surface area contributed by atoms with E-state index in [2.05, 4.69) is 21.7 Å². The van der Waals surface area contributed by atoms with Crippen molar-refractivity contribution in [1.82, 2.24) is 9.55 Å². The molecule has 1 fully saturated rings. The zero-order valence-corrected chi connectivity index (χ0v) is 17.2. The number of hydrogen-bond acceptors (Lipinski definition) is 6. The van der Waals surface area contributed by atoms with Gasteiger partial charge in [-0.2, -0.15) is 5.26 Å². The van der Waals surface area contributed by atoms with Crippen molar-refractivity contribution in [2.24, 2.45) is 13.0 Å². The van der Waals surface area contributed by atoms with Gasteiger partial charge in [0.2, 0.25) is 0 Å². The van der Waals surface area contributed by atoms with E-state index < -0.39 is 0 Å². The van der Waals surface area contributed by atoms with Crippen molar-refractivity contribution in [3.05, 3.63) is 57.1 Å². The Labute approximate surface area is 178 Å². The van der Waals surface area contributed by atoms with Gasteiger partial charge in [0.25, 0.3) is 5.56 Å². The molecule has 1 aliphatic heterocycles. The van der Waals surface area contributed by atoms with Gasteiger partial charge in [-0.3, -0.25) is 4.79 Å². The molecular weight excluding hydrogens is 402 g/mol. The lowest BCUT2D eigenvalue weighted by Crippen LogP contribution is -2.27. The topological polar surface area (TPSA) is 92.0 Å². The lowest BCUT2D eigenvalue weighted by molar-refractivity contribution is 0.112. The second-order valence-corrected chi connectivity index (χ2v) is 8.17. The third kappa shape index (κ3) is 3.18. The minimum absolute atomic E-state index is 0.0464. The number of ether oxygens (including phenoxy) is 1. The summed E-state index contributed by atoms with van der Waals surface area (Å²) in [6.07, 6.45) is 3.93. The number of nitrogens with one attached hydrogen (secondary N) is 2. The number of pyridine rings is 2. The van der Waals surface area contributed by atoms with Crippen LogP contribution in [0.3, 0.4) is 0 Å². The van der Waals surface area contributed by atoms with Crippen molar-refractivity contribution >= 4 is 39.6 Å². The van der Waals surface area contributed by atoms with Gasteiger partial charge < -0.3 is 19.9 Å². The van der Waals surface area contributed by atoms with Crippen LogP contribution in [0.2, 0.25) is 5.15 Å². The van der Waals surface area contributed by atoms with Crippen LogP contribution in [0.1, 0.15) is 24.0 Å². The monoisotopic (exact) mass is 421 g/mol. The lowest BCUT2D eigenvalue weighted by Gasteiger charge is -2.20. The Hall–Kier alpha value is -3.08. The summed E-state index contributed by atoms with van der Waals surface area (Å²) in [7, 11) is 1.78. The molecule has 1 atom stereocenters. The molecule has 0 unspecified atom stereocenters. The predicted octanol–water partition coefficient (Wildman–Crippen LogP) is 3.92. The molecule has 2 N–H and O–H groups in total. The highest BCUT2D eigenvalue weighted by Crippen LogP contribution is 2.38. The summed E-state index contributed by atoms with van der Waals surface area (Å²) in [5, 5.41) is 17.4. The normalized spacial score (nSPS) is 18.2. The first-order valence-electron chi connectivity index (χ1n) is 9.88. The van der Waals surface area contributed by atoms with Crippen LogP contribution in [-0.4, -0.2) is 22.2 Å². The van der Waals surface area contributed by atoms with E-state index in [1.165, 1.54) is 12.8 Å². The quantitative estimate of drug-likeness (QED) is 0.623. The Kier molecular flexibility index (Phi) is 4.61. The third-order valence-corrected chi connectivity index (χ3v) is 6.14. The van der Waals surface area contributed by atoms with E-state index in [1.54, 1.807) is 23.9 Å². The molecule has 152 valence electrons. The van der Waals surface area contributed by atoms with Gasteiger partial charge in [0.05, 0.1) is 41.7 Å². The summed E-state index contributed by atoms with van der Waals surface area (Å²) >= 11 is 6.06. The van der Waals surface area contributed by atoms with Crippen molar-refractivity contribution in [1.29, 1.82) is 5.26 Å². The lowest BCUT2D eigenvalue weighted by atomic mass is 10.1. The number of rotatable bonds is 3. The third-order valence-electron chi connectivity index (χ3n) is 5.85. The number of anilines is 3. The van der Waals surface area contributed by atoms with Crippen LogP contribution < -0.4 is 16.2 Å². The van der Waals surface area contributed by atoms with Crippen molar-refractivity contribution < 1.29 is 4.74 Å². The second-order valence-electron chi connectivity index (χ2n) is 7.81. The molecule has 8 heteroatoms. The SMILES string of the molecule is Cn1c(=O)c2c(c3cc(Nc4ccnc(Cl)c4C#N)ccc31)N[C@@H](C1CC1)COC2. The molecule has 30 heavy (non-hydrogen) atoms. The molecular formula is C22H20ClN5O2. The largest absolute Gasteiger partial charge is 0.379 e. The molecule has 1 aromatic carbocycles. The molecule has 0 spiro atoms. The van der Waals surface area contributed by atoms with Crippen LogP contribution in [0.15, 0.2) is 35.3 Å². The number of nitriles is 1. The number of nitrogens with zero attached hydrogens (tertiary/aromatic N) is 3. The minimum atomic E-state index is -0.0464. The fourth-order valence-corrected chi connectivity index (χ4v) is 4.26. The van der Waals surface area contributed by atoms with Gasteiger partial charge in [0.1, 0.15) is 16.8 Å². The molecule has 7 nitrogen and oxygen atoms in total. The fraction of sp³-hybridized carbons (Fsp3) is 0.318. The number of fused-ring (bicyclic) bond motifs is 3. The Morgan fingerprint density at radius 3 is 2.97 bits per heavy atom. The fourth-order valence-electron chi connectivity index (χ4n) is 4.06. The van der Waals surface area contributed by atoms with Gasteiger partial charge >= 0.3 is 0 Å². The molecule has 5 rings (SSSR count). The van der Waals surface area contributed by atoms with Crippen molar-refractivity contribution in [3.8, 4) is 6.07 Å². The standard InChI is InChI=1S/C22H20ClN5O2/c1-28-19-5-4-13(26-17-6-7-25-21(23)15(17)9-24)8-14(19)20-16(22(28)29)10-30-11-18(27-20)12-2-3-12/h4-8,12,18,27H,2-3,10-11H2,1H3,(H,25,26)/t18-/m1/s1. The average Bonchev–Trinajstić information content (AvgIpc) is 3.58. The molecule has 2 aromatic heterocycles. The minimum Gasteiger partial charge on any atom is -0.379 e. The zero-order chi connectivity index (χ0) is 20.8. The van der Waals surface area contributed by atoms with E-state index in [0.717, 1.165) is 22.3 Å². The Bertz CT molecular complexity index is 1260. The van der Waals surface area contributed by atoms with E-state index in [-0.39, 0.29) is 16.8 Å². The summed E-state index contributed by atoms with van der Waals surface area (Å²) in [6.45, 7) is 0.896. The van der Waals surface area contributed by atoms with Crippen LogP contribution in [0.5, 0.6) is 0 Å². The molecule has 3 heterocycles. The summed E-state index contributed by atoms with van der Waals surface area (Å²) in [5.74, 6) is 0.591. The molecule has 0 bridgehead atoms. The smallest absolute Gasteiger partial charge is 0.258 e. The van der Waals surface area contributed by atoms with Crippen molar-refractivity contribution in [3.63, 3.8) is 0 Å². The number of aromatic nitrogens is 2. The predicted molar refractivity (Wildman–Crippen MR) is 116 cm³/mol. The summed E-state index contributed by atoms with van der Waals surface area (Å²) < 4.78 is 7.50. The highest BCUT2D eigenvalue weighted by atomic mass is 35.5. The number of aryl methyl sites for hydroxylation is 1. The summed E-state index contributed by atoms with van der Waals surface area (Å²) in [4.78, 5) is 16.9. The second kappa shape index (κ2) is 7.31. The van der Waals surface area contributed by atoms with E-state index in [0.29, 0.717) is 35.9 Å². The Morgan fingerprint density at radius 1 is 1.37 bits per heavy atom. The summed E-state index contributed by atoms with van der Waals surface area (Å²) in [6, 6.07) is 9.80. The maximum Gasteiger partial charge on any atom is 0.258 e. The van der Waals surface area contributed by atoms with Crippen LogP contribution in [-0.2, 0) is 18.4 Å². The van der Waals surface area contributed by atoms with E-state index >= 15 is 0 Å². The molecule has 2 aliphatic rings. The average molecular weight is 422 g/mol. The van der Waals surface area contributed by atoms with Gasteiger partial charge in [-0.05, 0) is 43.0 Å². The highest BCUT2D eigenvalue weighted by Gasteiger charge is 2.34. The van der Waals surface area contributed by atoms with Crippen molar-refractivity contribution in [2.45, 2.75) is 25.5 Å². The molecule has 0 saturated heterocycles. The van der Waals surface area contributed by atoms with Gasteiger partial charge in [-0.1, -0.05) is 11.6 Å². The highest BCUT2D eigenvalue weighted by molar-refractivity contribution is 6.31. The first kappa shape index (κ1) is 18.9. The number of benzene rings is 1. The van der Waals surface area contributed by atoms with Gasteiger partial charge in [0.15, 0.2) is 0 Å². The zero-order valence-electron chi connectivity index (χ0n) is 16.4. The van der Waals surface area contributed by atoms with Crippen LogP contribution in [0.4, 0.5) is 17.1 Å². The molecule has 1 aliphatic carbocycles. The number of halogens is 1. The maximum atomic E-state index is 12.9. The van der Waals surface area contributed by atoms with Crippen LogP contribution in [0.25, 0.3) is 10.9 Å². The van der Waals surface area contributed by atoms with Gasteiger partial charge in [0, 0.05) is 24.3 Å². The molecule has 1 saturated carbocycles. The van der Waals surface area contributed by atoms with E-state index in [4.69, 9.17) is 16.3 Å². The van der Waals surface area contributed by atoms with Gasteiger partial charge in [-0.25, -0.2) is 4.98 Å². The molecule has 0 amide bonds. The van der Waals surface area contributed by atoms with Crippen molar-refractivity contribution in [2.75, 3.05) is 17.2 Å². The van der Waals surface area contributed by atoms with Gasteiger partial charge in [-0.15, -0.1) is 0 Å². The summed E-state index contributed by atoms with van der Waals surface area (Å²) in [5.41, 5.74) is 3.95. The molecule has 3 aromatic rings. The Morgan fingerprint density at radius 2 is 2.20 bits per heavy atom. The molecule has 0 radical (unpaired) electrons. The van der Waals surface area contributed by atoms with Crippen LogP contribution >= 0.6 is 11.6 Å². The van der Waals surface area contributed by atoms with E-state index in [9.17, 15) is 10.1 Å². The first-order chi connectivity index (χ1) is 14.6. The Balaban J connectivity index is 1.64. The van der Waals surface area contributed by atoms with E-state index in [1.807, 2.05) is 18.2 Å². The van der Waals surface area contributed by atoms with Crippen LogP contribution in [0, 0.1) is 17.2 Å².